The van der Waals surface area contributed by atoms with Gasteiger partial charge in [-0.25, -0.2) is 13.6 Å². The van der Waals surface area contributed by atoms with Gasteiger partial charge in [-0.1, -0.05) is 0 Å². The fraction of sp³-hybridized carbons (Fsp3) is 0.312. The molecule has 25 heavy (non-hydrogen) atoms. The molecular weight excluding hydrogens is 332 g/mol. The van der Waals surface area contributed by atoms with Crippen LogP contribution < -0.4 is 15.5 Å². The lowest BCUT2D eigenvalue weighted by atomic mass is 10.2. The largest absolute Gasteiger partial charge is 0.334 e. The molecule has 132 valence electrons. The first kappa shape index (κ1) is 16.9. The van der Waals surface area contributed by atoms with Gasteiger partial charge in [-0.2, -0.15) is 5.10 Å². The highest BCUT2D eigenvalue weighted by molar-refractivity contribution is 6.01. The van der Waals surface area contributed by atoms with Crippen molar-refractivity contribution < 1.29 is 18.4 Å². The quantitative estimate of drug-likeness (QED) is 0.873. The second-order valence-corrected chi connectivity index (χ2v) is 5.81. The molecule has 1 atom stereocenters. The van der Waals surface area contributed by atoms with E-state index in [9.17, 15) is 18.4 Å². The Labute approximate surface area is 142 Å². The number of halogens is 2. The Morgan fingerprint density at radius 1 is 1.32 bits per heavy atom. The van der Waals surface area contributed by atoms with Gasteiger partial charge in [0.15, 0.2) is 0 Å². The molecule has 9 heteroatoms. The average molecular weight is 349 g/mol. The number of aryl methyl sites for hydroxylation is 1. The van der Waals surface area contributed by atoms with Crippen LogP contribution in [0.4, 0.5) is 19.3 Å². The molecule has 1 aliphatic rings. The lowest BCUT2D eigenvalue weighted by Crippen LogP contribution is -2.45. The molecule has 0 saturated carbocycles. The third-order valence-electron chi connectivity index (χ3n) is 3.89. The maximum Gasteiger partial charge on any atom is 0.315 e. The fourth-order valence-electron chi connectivity index (χ4n) is 2.72. The maximum absolute atomic E-state index is 13.1. The summed E-state index contributed by atoms with van der Waals surface area (Å²) in [5.41, 5.74) is 0.967. The predicted molar refractivity (Wildman–Crippen MR) is 85.7 cm³/mol. The monoisotopic (exact) mass is 349 g/mol. The second-order valence-electron chi connectivity index (χ2n) is 5.81. The first-order valence-electron chi connectivity index (χ1n) is 7.72. The van der Waals surface area contributed by atoms with E-state index in [1.54, 1.807) is 29.0 Å². The summed E-state index contributed by atoms with van der Waals surface area (Å²) >= 11 is 0. The van der Waals surface area contributed by atoms with E-state index in [-0.39, 0.29) is 12.5 Å². The number of amides is 3. The summed E-state index contributed by atoms with van der Waals surface area (Å²) in [5.74, 6) is -1.65. The Kier molecular flexibility index (Phi) is 4.64. The normalized spacial score (nSPS) is 17.0. The van der Waals surface area contributed by atoms with Crippen molar-refractivity contribution in [3.05, 3.63) is 47.8 Å². The van der Waals surface area contributed by atoms with E-state index in [4.69, 9.17) is 0 Å². The third-order valence-corrected chi connectivity index (χ3v) is 3.89. The molecule has 0 bridgehead atoms. The molecule has 1 aliphatic heterocycles. The molecule has 0 radical (unpaired) electrons. The van der Waals surface area contributed by atoms with Crippen LogP contribution in [0.25, 0.3) is 0 Å². The molecule has 3 rings (SSSR count). The summed E-state index contributed by atoms with van der Waals surface area (Å²) in [6.45, 7) is 0.429. The highest BCUT2D eigenvalue weighted by Gasteiger charge is 2.34. The Morgan fingerprint density at radius 3 is 2.68 bits per heavy atom. The number of anilines is 1. The number of carbonyl (C=O) groups is 2. The van der Waals surface area contributed by atoms with Crippen molar-refractivity contribution in [1.29, 1.82) is 0 Å². The zero-order valence-corrected chi connectivity index (χ0v) is 13.5. The lowest BCUT2D eigenvalue weighted by Gasteiger charge is -2.15. The van der Waals surface area contributed by atoms with E-state index in [0.29, 0.717) is 24.2 Å². The van der Waals surface area contributed by atoms with Gasteiger partial charge in [0.25, 0.3) is 0 Å². The van der Waals surface area contributed by atoms with Crippen molar-refractivity contribution in [3.63, 3.8) is 0 Å². The molecule has 2 aromatic rings. The van der Waals surface area contributed by atoms with Crippen LogP contribution in [0.2, 0.25) is 0 Å². The van der Waals surface area contributed by atoms with E-state index in [0.717, 1.165) is 18.2 Å². The van der Waals surface area contributed by atoms with Crippen LogP contribution in [-0.2, 0) is 18.4 Å². The van der Waals surface area contributed by atoms with Crippen LogP contribution >= 0.6 is 0 Å². The van der Waals surface area contributed by atoms with Gasteiger partial charge in [0.1, 0.15) is 17.7 Å². The van der Waals surface area contributed by atoms with Crippen LogP contribution in [0, 0.1) is 11.6 Å². The van der Waals surface area contributed by atoms with E-state index in [1.807, 2.05) is 0 Å². The standard InChI is InChI=1S/C16H17F2N5O2/c1-22-9-13(8-20-22)23-3-2-14(15(23)24)21-16(25)19-7-10-4-11(17)6-12(18)5-10/h4-6,8-9,14H,2-3,7H2,1H3,(H2,19,21,25). The van der Waals surface area contributed by atoms with Gasteiger partial charge < -0.3 is 15.5 Å². The lowest BCUT2D eigenvalue weighted by molar-refractivity contribution is -0.118. The molecule has 1 aromatic heterocycles. The topological polar surface area (TPSA) is 79.3 Å². The van der Waals surface area contributed by atoms with Crippen molar-refractivity contribution >= 4 is 17.6 Å². The molecule has 1 fully saturated rings. The summed E-state index contributed by atoms with van der Waals surface area (Å²) < 4.78 is 27.8. The van der Waals surface area contributed by atoms with Crippen LogP contribution in [0.5, 0.6) is 0 Å². The summed E-state index contributed by atoms with van der Waals surface area (Å²) in [7, 11) is 1.75. The van der Waals surface area contributed by atoms with Crippen LogP contribution in [0.1, 0.15) is 12.0 Å². The number of carbonyl (C=O) groups excluding carboxylic acids is 2. The summed E-state index contributed by atoms with van der Waals surface area (Å²) in [5, 5.41) is 9.09. The highest BCUT2D eigenvalue weighted by Crippen LogP contribution is 2.20. The minimum absolute atomic E-state index is 0.0479. The molecule has 0 aliphatic carbocycles. The Morgan fingerprint density at radius 2 is 2.04 bits per heavy atom. The van der Waals surface area contributed by atoms with E-state index < -0.39 is 23.7 Å². The summed E-state index contributed by atoms with van der Waals surface area (Å²) in [6, 6.07) is 1.80. The van der Waals surface area contributed by atoms with Crippen LogP contribution in [-0.4, -0.2) is 34.3 Å². The Balaban J connectivity index is 1.54. The van der Waals surface area contributed by atoms with Gasteiger partial charge in [-0.3, -0.25) is 9.48 Å². The number of hydrogen-bond acceptors (Lipinski definition) is 3. The van der Waals surface area contributed by atoms with Gasteiger partial charge in [0, 0.05) is 32.4 Å². The number of benzene rings is 1. The first-order valence-corrected chi connectivity index (χ1v) is 7.72. The third kappa shape index (κ3) is 3.93. The molecule has 7 nitrogen and oxygen atoms in total. The van der Waals surface area contributed by atoms with Crippen molar-refractivity contribution in [1.82, 2.24) is 20.4 Å². The van der Waals surface area contributed by atoms with Gasteiger partial charge in [-0.15, -0.1) is 0 Å². The fourth-order valence-corrected chi connectivity index (χ4v) is 2.72. The predicted octanol–water partition coefficient (Wildman–Crippen LogP) is 1.30. The Bertz CT molecular complexity index is 787. The number of nitrogens with zero attached hydrogens (tertiary/aromatic N) is 3. The van der Waals surface area contributed by atoms with Gasteiger partial charge in [-0.05, 0) is 24.1 Å². The minimum atomic E-state index is -0.713. The van der Waals surface area contributed by atoms with Crippen molar-refractivity contribution in [2.24, 2.45) is 7.05 Å². The minimum Gasteiger partial charge on any atom is -0.334 e. The number of urea groups is 1. The second kappa shape index (κ2) is 6.88. The number of rotatable bonds is 4. The molecule has 2 N–H and O–H groups in total. The molecule has 3 amide bonds. The number of nitrogens with one attached hydrogen (secondary N) is 2. The number of aromatic nitrogens is 2. The van der Waals surface area contributed by atoms with Crippen LogP contribution in [0.15, 0.2) is 30.6 Å². The molecule has 1 unspecified atom stereocenters. The molecular formula is C16H17F2N5O2. The van der Waals surface area contributed by atoms with Gasteiger partial charge in [0.05, 0.1) is 11.9 Å². The van der Waals surface area contributed by atoms with Gasteiger partial charge in [0.2, 0.25) is 5.91 Å². The molecule has 1 aromatic carbocycles. The SMILES string of the molecule is Cn1cc(N2CCC(NC(=O)NCc3cc(F)cc(F)c3)C2=O)cn1. The summed E-state index contributed by atoms with van der Waals surface area (Å²) in [4.78, 5) is 25.9. The van der Waals surface area contributed by atoms with E-state index in [1.165, 1.54) is 0 Å². The zero-order chi connectivity index (χ0) is 18.0. The van der Waals surface area contributed by atoms with Crippen molar-refractivity contribution in [2.75, 3.05) is 11.4 Å². The van der Waals surface area contributed by atoms with E-state index in [2.05, 4.69) is 15.7 Å². The molecule has 0 spiro atoms. The molecule has 1 saturated heterocycles. The van der Waals surface area contributed by atoms with Crippen molar-refractivity contribution in [3.8, 4) is 0 Å². The Hall–Kier alpha value is -2.97. The maximum atomic E-state index is 13.1. The first-order chi connectivity index (χ1) is 11.9. The zero-order valence-electron chi connectivity index (χ0n) is 13.5. The highest BCUT2D eigenvalue weighted by atomic mass is 19.1. The summed E-state index contributed by atoms with van der Waals surface area (Å²) in [6.07, 6.45) is 3.77. The van der Waals surface area contributed by atoms with Gasteiger partial charge >= 0.3 is 6.03 Å². The average Bonchev–Trinajstić information content (AvgIpc) is 3.11. The van der Waals surface area contributed by atoms with Crippen molar-refractivity contribution in [2.45, 2.75) is 19.0 Å². The van der Waals surface area contributed by atoms with Crippen LogP contribution in [0.3, 0.4) is 0 Å². The smallest absolute Gasteiger partial charge is 0.315 e. The molecule has 2 heterocycles. The number of hydrogen-bond donors (Lipinski definition) is 2. The van der Waals surface area contributed by atoms with E-state index >= 15 is 0 Å².